The number of carbonyl (C=O) groups is 2. The van der Waals surface area contributed by atoms with E-state index in [1.807, 2.05) is 72.8 Å². The summed E-state index contributed by atoms with van der Waals surface area (Å²) >= 11 is 0. The van der Waals surface area contributed by atoms with Gasteiger partial charge in [-0.25, -0.2) is 9.59 Å². The highest BCUT2D eigenvalue weighted by Gasteiger charge is 2.36. The molecule has 3 aliphatic rings. The van der Waals surface area contributed by atoms with Gasteiger partial charge in [0, 0.05) is 43.2 Å². The van der Waals surface area contributed by atoms with Gasteiger partial charge >= 0.3 is 12.0 Å². The number of urea groups is 1. The topological polar surface area (TPSA) is 113 Å². The molecule has 3 fully saturated rings. The zero-order valence-electron chi connectivity index (χ0n) is 27.8. The van der Waals surface area contributed by atoms with E-state index < -0.39 is 24.3 Å². The van der Waals surface area contributed by atoms with Gasteiger partial charge in [-0.3, -0.25) is 4.90 Å². The van der Waals surface area contributed by atoms with Crippen LogP contribution in [-0.4, -0.2) is 84.9 Å². The Kier molecular flexibility index (Phi) is 11.7. The number of carbonyl (C=O) groups excluding carboxylic acids is 2. The zero-order valence-corrected chi connectivity index (χ0v) is 27.8. The van der Waals surface area contributed by atoms with Crippen molar-refractivity contribution in [1.82, 2.24) is 15.1 Å². The molecule has 0 saturated carbocycles. The molecule has 2 amide bonds. The number of benzene rings is 3. The van der Waals surface area contributed by atoms with Crippen LogP contribution < -0.4 is 10.6 Å². The molecule has 256 valence electrons. The summed E-state index contributed by atoms with van der Waals surface area (Å²) in [6.07, 6.45) is 5.15. The number of ether oxygens (including phenoxy) is 3. The summed E-state index contributed by atoms with van der Waals surface area (Å²) in [6, 6.07) is 24.1. The number of methoxy groups -OCH3 is 1. The summed E-state index contributed by atoms with van der Waals surface area (Å²) in [5.74, 6) is -0.517. The van der Waals surface area contributed by atoms with Crippen LogP contribution in [0.5, 0.6) is 0 Å². The Bertz CT molecular complexity index is 1480. The average molecular weight is 657 g/mol. The van der Waals surface area contributed by atoms with Crippen LogP contribution in [0.25, 0.3) is 0 Å². The van der Waals surface area contributed by atoms with Crippen LogP contribution in [0.3, 0.4) is 0 Å². The number of anilines is 1. The predicted molar refractivity (Wildman–Crippen MR) is 183 cm³/mol. The van der Waals surface area contributed by atoms with Crippen molar-refractivity contribution < 1.29 is 28.9 Å². The molecule has 0 radical (unpaired) electrons. The second kappa shape index (κ2) is 16.5. The number of aliphatic hydroxyl groups is 1. The third kappa shape index (κ3) is 9.00. The molecule has 3 N–H and O–H groups in total. The number of hydrogen-bond acceptors (Lipinski definition) is 8. The van der Waals surface area contributed by atoms with Crippen molar-refractivity contribution in [2.24, 2.45) is 0 Å². The molecule has 0 bridgehead atoms. The molecule has 0 aliphatic carbocycles. The fourth-order valence-corrected chi connectivity index (χ4v) is 7.17. The van der Waals surface area contributed by atoms with Gasteiger partial charge in [-0.1, -0.05) is 66.7 Å². The molecule has 10 nitrogen and oxygen atoms in total. The summed E-state index contributed by atoms with van der Waals surface area (Å²) in [5, 5.41) is 15.2. The predicted octanol–water partition coefficient (Wildman–Crippen LogP) is 5.19. The maximum Gasteiger partial charge on any atom is 0.328 e. The second-order valence-electron chi connectivity index (χ2n) is 13.1. The minimum absolute atomic E-state index is 0.00642. The van der Waals surface area contributed by atoms with Gasteiger partial charge in [0.25, 0.3) is 0 Å². The van der Waals surface area contributed by atoms with Crippen LogP contribution in [0.15, 0.2) is 78.9 Å². The van der Waals surface area contributed by atoms with E-state index in [2.05, 4.69) is 20.4 Å². The number of amides is 2. The molecular formula is C38H48N4O6. The van der Waals surface area contributed by atoms with Gasteiger partial charge in [0.15, 0.2) is 6.29 Å². The summed E-state index contributed by atoms with van der Waals surface area (Å²) in [4.78, 5) is 30.8. The molecule has 0 aromatic heterocycles. The monoisotopic (exact) mass is 656 g/mol. The van der Waals surface area contributed by atoms with Crippen LogP contribution in [0.1, 0.15) is 66.8 Å². The second-order valence-corrected chi connectivity index (χ2v) is 13.1. The van der Waals surface area contributed by atoms with Crippen molar-refractivity contribution in [1.29, 1.82) is 0 Å². The Morgan fingerprint density at radius 2 is 1.69 bits per heavy atom. The third-order valence-corrected chi connectivity index (χ3v) is 9.71. The molecule has 3 saturated heterocycles. The highest BCUT2D eigenvalue weighted by Crippen LogP contribution is 2.39. The Balaban J connectivity index is 1.15. The van der Waals surface area contributed by atoms with Crippen molar-refractivity contribution in [2.45, 2.75) is 75.7 Å². The van der Waals surface area contributed by atoms with Crippen molar-refractivity contribution >= 4 is 17.7 Å². The van der Waals surface area contributed by atoms with E-state index in [9.17, 15) is 14.7 Å². The molecule has 3 aromatic carbocycles. The van der Waals surface area contributed by atoms with Crippen molar-refractivity contribution in [2.75, 3.05) is 45.2 Å². The van der Waals surface area contributed by atoms with Crippen molar-refractivity contribution in [3.8, 4) is 0 Å². The average Bonchev–Trinajstić information content (AvgIpc) is 3.80. The number of nitrogens with zero attached hydrogens (tertiary/aromatic N) is 2. The Hall–Kier alpha value is -3.80. The summed E-state index contributed by atoms with van der Waals surface area (Å²) in [7, 11) is 1.31. The standard InChI is InChI=1S/C38H48N4O6/c1-46-36(44)34(21-27-9-3-2-4-10-27)40-38(45)39-31-12-7-11-30(22-31)37-47-33(23-35(48-37)29-16-14-28(26-43)15-17-29)25-42-20-8-13-32(42)24-41-18-5-6-19-41/h2-4,7,9-12,14-17,22,32-35,37,43H,5-6,8,13,18-21,23-26H2,1H3,(H2,39,40,45). The zero-order chi connectivity index (χ0) is 33.3. The van der Waals surface area contributed by atoms with E-state index in [0.717, 1.165) is 48.3 Å². The molecule has 5 unspecified atom stereocenters. The minimum Gasteiger partial charge on any atom is -0.467 e. The number of nitrogens with one attached hydrogen (secondary N) is 2. The lowest BCUT2D eigenvalue weighted by atomic mass is 9.99. The lowest BCUT2D eigenvalue weighted by molar-refractivity contribution is -0.253. The fraction of sp³-hybridized carbons (Fsp3) is 0.474. The molecule has 10 heteroatoms. The van der Waals surface area contributed by atoms with Crippen LogP contribution in [0, 0.1) is 0 Å². The largest absolute Gasteiger partial charge is 0.467 e. The molecule has 0 spiro atoms. The van der Waals surface area contributed by atoms with E-state index >= 15 is 0 Å². The lowest BCUT2D eigenvalue weighted by Crippen LogP contribution is -2.45. The number of aliphatic hydroxyl groups excluding tert-OH is 1. The number of hydrogen-bond donors (Lipinski definition) is 3. The molecule has 3 aromatic rings. The maximum absolute atomic E-state index is 13.1. The van der Waals surface area contributed by atoms with Gasteiger partial charge in [-0.2, -0.15) is 0 Å². The minimum atomic E-state index is -0.843. The number of rotatable bonds is 12. The van der Waals surface area contributed by atoms with Gasteiger partial charge in [0.1, 0.15) is 6.04 Å². The van der Waals surface area contributed by atoms with Crippen LogP contribution >= 0.6 is 0 Å². The fourth-order valence-electron chi connectivity index (χ4n) is 7.17. The van der Waals surface area contributed by atoms with E-state index in [4.69, 9.17) is 14.2 Å². The first-order valence-electron chi connectivity index (χ1n) is 17.2. The van der Waals surface area contributed by atoms with Crippen molar-refractivity contribution in [3.63, 3.8) is 0 Å². The molecule has 3 aliphatic heterocycles. The van der Waals surface area contributed by atoms with E-state index in [1.54, 1.807) is 6.07 Å². The van der Waals surface area contributed by atoms with Crippen LogP contribution in [0.2, 0.25) is 0 Å². The van der Waals surface area contributed by atoms with Gasteiger partial charge in [-0.15, -0.1) is 0 Å². The first-order valence-corrected chi connectivity index (χ1v) is 17.2. The van der Waals surface area contributed by atoms with Gasteiger partial charge < -0.3 is 34.9 Å². The first-order chi connectivity index (χ1) is 23.5. The summed E-state index contributed by atoms with van der Waals surface area (Å²) in [6.45, 7) is 5.42. The summed E-state index contributed by atoms with van der Waals surface area (Å²) < 4.78 is 18.2. The maximum atomic E-state index is 13.1. The van der Waals surface area contributed by atoms with E-state index in [1.165, 1.54) is 45.9 Å². The third-order valence-electron chi connectivity index (χ3n) is 9.71. The van der Waals surface area contributed by atoms with E-state index in [-0.39, 0.29) is 18.8 Å². The molecular weight excluding hydrogens is 608 g/mol. The number of esters is 1. The molecule has 5 atom stereocenters. The highest BCUT2D eigenvalue weighted by molar-refractivity contribution is 5.92. The SMILES string of the molecule is COC(=O)C(Cc1ccccc1)NC(=O)Nc1cccc(C2OC(CN3CCCC3CN3CCCC3)CC(c3ccc(CO)cc3)O2)c1. The molecule has 48 heavy (non-hydrogen) atoms. The van der Waals surface area contributed by atoms with Gasteiger partial charge in [0.2, 0.25) is 0 Å². The summed E-state index contributed by atoms with van der Waals surface area (Å²) in [5.41, 5.74) is 4.15. The Morgan fingerprint density at radius 1 is 0.896 bits per heavy atom. The van der Waals surface area contributed by atoms with E-state index in [0.29, 0.717) is 18.2 Å². The quantitative estimate of drug-likeness (QED) is 0.229. The van der Waals surface area contributed by atoms with Crippen LogP contribution in [0.4, 0.5) is 10.5 Å². The smallest absolute Gasteiger partial charge is 0.328 e. The van der Waals surface area contributed by atoms with Crippen molar-refractivity contribution in [3.05, 3.63) is 101 Å². The van der Waals surface area contributed by atoms with Crippen LogP contribution in [-0.2, 0) is 32.0 Å². The first kappa shape index (κ1) is 34.1. The Morgan fingerprint density at radius 3 is 2.44 bits per heavy atom. The normalized spacial score (nSPS) is 23.9. The number of likely N-dealkylation sites (tertiary alicyclic amines) is 2. The Labute approximate surface area is 283 Å². The highest BCUT2D eigenvalue weighted by atomic mass is 16.7. The van der Waals surface area contributed by atoms with Gasteiger partial charge in [-0.05, 0) is 74.1 Å². The molecule has 3 heterocycles. The molecule has 6 rings (SSSR count). The van der Waals surface area contributed by atoms with Gasteiger partial charge in [0.05, 0.1) is 25.9 Å². The lowest BCUT2D eigenvalue weighted by Gasteiger charge is -2.39.